The van der Waals surface area contributed by atoms with Gasteiger partial charge in [-0.2, -0.15) is 5.10 Å². The van der Waals surface area contributed by atoms with Crippen molar-refractivity contribution in [1.29, 1.82) is 0 Å². The van der Waals surface area contributed by atoms with Crippen LogP contribution in [0.25, 0.3) is 0 Å². The summed E-state index contributed by atoms with van der Waals surface area (Å²) in [5.74, 6) is 0. The van der Waals surface area contributed by atoms with Gasteiger partial charge in [0.25, 0.3) is 0 Å². The molecule has 1 aliphatic rings. The molecule has 0 bridgehead atoms. The maximum absolute atomic E-state index is 4.13. The Labute approximate surface area is 68.0 Å². The number of hydrazone groups is 1. The zero-order valence-corrected chi connectivity index (χ0v) is 7.49. The molecule has 0 aromatic heterocycles. The topological polar surface area (TPSA) is 22.1 Å². The Morgan fingerprint density at radius 1 is 1.45 bits per heavy atom. The molecule has 4 nitrogen and oxygen atoms in total. The van der Waals surface area contributed by atoms with Crippen LogP contribution in [-0.4, -0.2) is 48.2 Å². The maximum Gasteiger partial charge on any atom is 0.127 e. The lowest BCUT2D eigenvalue weighted by atomic mass is 10.6. The molecule has 0 aliphatic carbocycles. The van der Waals surface area contributed by atoms with E-state index >= 15 is 0 Å². The standard InChI is InChI=1S/C7H16N4/c1-4-10(5-2)11-6-8-9(3)7-11/h6H,4-5,7H2,1-3H3. The van der Waals surface area contributed by atoms with Gasteiger partial charge in [-0.15, -0.1) is 0 Å². The smallest absolute Gasteiger partial charge is 0.127 e. The highest BCUT2D eigenvalue weighted by molar-refractivity contribution is 5.55. The highest BCUT2D eigenvalue weighted by Crippen LogP contribution is 2.02. The molecule has 1 rings (SSSR count). The Kier molecular flexibility index (Phi) is 2.70. The predicted octanol–water partition coefficient (Wildman–Crippen LogP) is 0.391. The lowest BCUT2D eigenvalue weighted by Gasteiger charge is -2.28. The van der Waals surface area contributed by atoms with Gasteiger partial charge in [-0.05, 0) is 0 Å². The molecule has 0 fully saturated rings. The highest BCUT2D eigenvalue weighted by atomic mass is 15.7. The van der Waals surface area contributed by atoms with Gasteiger partial charge in [0.1, 0.15) is 13.0 Å². The molecule has 64 valence electrons. The Morgan fingerprint density at radius 3 is 2.45 bits per heavy atom. The van der Waals surface area contributed by atoms with Crippen LogP contribution in [0.3, 0.4) is 0 Å². The van der Waals surface area contributed by atoms with Crippen molar-refractivity contribution in [2.75, 3.05) is 26.8 Å². The minimum absolute atomic E-state index is 0.877. The third-order valence-electron chi connectivity index (χ3n) is 1.82. The quantitative estimate of drug-likeness (QED) is 0.590. The van der Waals surface area contributed by atoms with Crippen LogP contribution in [-0.2, 0) is 0 Å². The van der Waals surface area contributed by atoms with Crippen molar-refractivity contribution in [3.05, 3.63) is 0 Å². The molecule has 0 saturated carbocycles. The molecule has 0 spiro atoms. The first-order chi connectivity index (χ1) is 5.27. The molecule has 1 heterocycles. The minimum atomic E-state index is 0.877. The van der Waals surface area contributed by atoms with Gasteiger partial charge in [-0.25, -0.2) is 5.01 Å². The molecule has 0 atom stereocenters. The van der Waals surface area contributed by atoms with Crippen molar-refractivity contribution in [3.8, 4) is 0 Å². The van der Waals surface area contributed by atoms with E-state index in [4.69, 9.17) is 0 Å². The first-order valence-electron chi connectivity index (χ1n) is 4.04. The van der Waals surface area contributed by atoms with Crippen molar-refractivity contribution in [1.82, 2.24) is 15.0 Å². The summed E-state index contributed by atoms with van der Waals surface area (Å²) in [6.45, 7) is 7.25. The van der Waals surface area contributed by atoms with Crippen LogP contribution in [0.4, 0.5) is 0 Å². The van der Waals surface area contributed by atoms with E-state index < -0.39 is 0 Å². The first-order valence-corrected chi connectivity index (χ1v) is 4.04. The van der Waals surface area contributed by atoms with Gasteiger partial charge in [0.15, 0.2) is 0 Å². The Balaban J connectivity index is 2.42. The number of hydrazine groups is 1. The van der Waals surface area contributed by atoms with Crippen LogP contribution in [0.1, 0.15) is 13.8 Å². The third kappa shape index (κ3) is 1.83. The molecule has 1 aliphatic heterocycles. The molecule has 0 radical (unpaired) electrons. The molecule has 0 amide bonds. The van der Waals surface area contributed by atoms with Crippen LogP contribution in [0.2, 0.25) is 0 Å². The average molecular weight is 156 g/mol. The van der Waals surface area contributed by atoms with E-state index in [1.165, 1.54) is 0 Å². The van der Waals surface area contributed by atoms with E-state index in [1.54, 1.807) is 0 Å². The van der Waals surface area contributed by atoms with Crippen LogP contribution < -0.4 is 0 Å². The van der Waals surface area contributed by atoms with E-state index in [0.717, 1.165) is 19.8 Å². The number of hydrogen-bond donors (Lipinski definition) is 0. The van der Waals surface area contributed by atoms with Crippen molar-refractivity contribution < 1.29 is 0 Å². The summed E-state index contributed by atoms with van der Waals surface area (Å²) in [6, 6.07) is 0. The lowest BCUT2D eigenvalue weighted by molar-refractivity contribution is 0.0402. The van der Waals surface area contributed by atoms with Crippen molar-refractivity contribution >= 4 is 6.34 Å². The summed E-state index contributed by atoms with van der Waals surface area (Å²) in [5.41, 5.74) is 0. The number of rotatable bonds is 3. The third-order valence-corrected chi connectivity index (χ3v) is 1.82. The molecule has 0 N–H and O–H groups in total. The summed E-state index contributed by atoms with van der Waals surface area (Å²) >= 11 is 0. The van der Waals surface area contributed by atoms with E-state index in [9.17, 15) is 0 Å². The van der Waals surface area contributed by atoms with Crippen molar-refractivity contribution in [3.63, 3.8) is 0 Å². The van der Waals surface area contributed by atoms with Gasteiger partial charge in [0.2, 0.25) is 0 Å². The van der Waals surface area contributed by atoms with E-state index in [2.05, 4.69) is 29.0 Å². The minimum Gasteiger partial charge on any atom is -0.278 e. The summed E-state index contributed by atoms with van der Waals surface area (Å²) in [7, 11) is 1.97. The Morgan fingerprint density at radius 2 is 2.09 bits per heavy atom. The summed E-state index contributed by atoms with van der Waals surface area (Å²) in [6.07, 6.45) is 1.87. The maximum atomic E-state index is 4.13. The summed E-state index contributed by atoms with van der Waals surface area (Å²) in [4.78, 5) is 0. The fourth-order valence-corrected chi connectivity index (χ4v) is 1.18. The Hall–Kier alpha value is -0.770. The Bertz CT molecular complexity index is 141. The molecular weight excluding hydrogens is 140 g/mol. The molecule has 11 heavy (non-hydrogen) atoms. The van der Waals surface area contributed by atoms with E-state index in [-0.39, 0.29) is 0 Å². The molecule has 0 unspecified atom stereocenters. The fraction of sp³-hybridized carbons (Fsp3) is 0.857. The van der Waals surface area contributed by atoms with Gasteiger partial charge in [0.05, 0.1) is 0 Å². The van der Waals surface area contributed by atoms with E-state index in [0.29, 0.717) is 0 Å². The van der Waals surface area contributed by atoms with E-state index in [1.807, 2.05) is 18.4 Å². The van der Waals surface area contributed by atoms with Crippen molar-refractivity contribution in [2.24, 2.45) is 5.10 Å². The summed E-state index contributed by atoms with van der Waals surface area (Å²) < 4.78 is 0. The van der Waals surface area contributed by atoms with Gasteiger partial charge >= 0.3 is 0 Å². The van der Waals surface area contributed by atoms with Crippen LogP contribution in [0, 0.1) is 0 Å². The largest absolute Gasteiger partial charge is 0.278 e. The average Bonchev–Trinajstić information content (AvgIpc) is 2.39. The molecule has 0 aromatic carbocycles. The fourth-order valence-electron chi connectivity index (χ4n) is 1.18. The molecule has 0 aromatic rings. The lowest BCUT2D eigenvalue weighted by Crippen LogP contribution is -2.41. The van der Waals surface area contributed by atoms with Gasteiger partial charge in [-0.3, -0.25) is 10.0 Å². The molecular formula is C7H16N4. The monoisotopic (exact) mass is 156 g/mol. The zero-order chi connectivity index (χ0) is 8.27. The first kappa shape index (κ1) is 8.33. The number of nitrogens with zero attached hydrogens (tertiary/aromatic N) is 4. The second-order valence-corrected chi connectivity index (χ2v) is 2.61. The van der Waals surface area contributed by atoms with Gasteiger partial charge < -0.3 is 0 Å². The normalized spacial score (nSPS) is 17.1. The second kappa shape index (κ2) is 3.57. The van der Waals surface area contributed by atoms with Gasteiger partial charge in [0, 0.05) is 20.1 Å². The predicted molar refractivity (Wildman–Crippen MR) is 45.9 cm³/mol. The zero-order valence-electron chi connectivity index (χ0n) is 7.49. The van der Waals surface area contributed by atoms with Crippen LogP contribution in [0.15, 0.2) is 5.10 Å². The van der Waals surface area contributed by atoms with Crippen LogP contribution >= 0.6 is 0 Å². The summed E-state index contributed by atoms with van der Waals surface area (Å²) in [5, 5.41) is 10.4. The highest BCUT2D eigenvalue weighted by Gasteiger charge is 2.14. The molecule has 0 saturated heterocycles. The van der Waals surface area contributed by atoms with Gasteiger partial charge in [-0.1, -0.05) is 13.8 Å². The molecule has 4 heteroatoms. The SMILES string of the molecule is CCN(CC)N1C=NN(C)C1. The second-order valence-electron chi connectivity index (χ2n) is 2.61. The van der Waals surface area contributed by atoms with Crippen molar-refractivity contribution in [2.45, 2.75) is 13.8 Å². The van der Waals surface area contributed by atoms with Crippen LogP contribution in [0.5, 0.6) is 0 Å². The number of hydrogen-bond acceptors (Lipinski definition) is 4.